The smallest absolute Gasteiger partial charge is 0.250 e. The van der Waals surface area contributed by atoms with Gasteiger partial charge in [0.15, 0.2) is 0 Å². The average molecular weight is 506 g/mol. The molecule has 27 heavy (non-hydrogen) atoms. The number of aromatic nitrogens is 1. The van der Waals surface area contributed by atoms with E-state index in [9.17, 15) is 19.4 Å². The highest BCUT2D eigenvalue weighted by Gasteiger charge is 2.37. The predicted molar refractivity (Wildman–Crippen MR) is 109 cm³/mol. The predicted octanol–water partition coefficient (Wildman–Crippen LogP) is 2.99. The van der Waals surface area contributed by atoms with Crippen LogP contribution in [0.5, 0.6) is 0 Å². The van der Waals surface area contributed by atoms with Crippen molar-refractivity contribution < 1.29 is 19.4 Å². The highest BCUT2D eigenvalue weighted by atomic mass is 127. The van der Waals surface area contributed by atoms with Gasteiger partial charge in [0.1, 0.15) is 17.1 Å². The molecule has 1 fully saturated rings. The average Bonchev–Trinajstić information content (AvgIpc) is 2.61. The Kier molecular flexibility index (Phi) is 6.19. The summed E-state index contributed by atoms with van der Waals surface area (Å²) in [5.41, 5.74) is 5.93. The maximum absolute atomic E-state index is 14.8. The molecule has 6 nitrogen and oxygen atoms in total. The number of nitrogens with zero attached hydrogens (tertiary/aromatic N) is 2. The number of anilines is 2. The summed E-state index contributed by atoms with van der Waals surface area (Å²) in [5, 5.41) is 20.8. The molecule has 4 N–H and O–H groups in total. The number of aliphatic hydroxyl groups excluding tert-OH is 2. The van der Waals surface area contributed by atoms with Crippen LogP contribution in [0.25, 0.3) is 0 Å². The van der Waals surface area contributed by atoms with Crippen LogP contribution in [-0.2, 0) is 0 Å². The van der Waals surface area contributed by atoms with Crippen LogP contribution in [-0.4, -0.2) is 39.4 Å². The van der Waals surface area contributed by atoms with Crippen LogP contribution >= 0.6 is 34.2 Å². The number of carbonyl (C=O) groups is 1. The minimum atomic E-state index is -1.13. The van der Waals surface area contributed by atoms with Gasteiger partial charge in [0.25, 0.3) is 5.91 Å². The summed E-state index contributed by atoms with van der Waals surface area (Å²) in [6.45, 7) is 0. The van der Waals surface area contributed by atoms with Crippen LogP contribution in [0.1, 0.15) is 29.6 Å². The summed E-state index contributed by atoms with van der Waals surface area (Å²) in [7, 11) is 0. The second kappa shape index (κ2) is 8.26. The lowest BCUT2D eigenvalue weighted by Gasteiger charge is -2.41. The van der Waals surface area contributed by atoms with Gasteiger partial charge < -0.3 is 20.8 Å². The summed E-state index contributed by atoms with van der Waals surface area (Å²) >= 11 is 7.89. The molecule has 9 heteroatoms. The molecule has 0 saturated heterocycles. The topological polar surface area (TPSA) is 99.7 Å². The van der Waals surface area contributed by atoms with Crippen molar-refractivity contribution in [1.82, 2.24) is 4.98 Å². The molecule has 1 aromatic carbocycles. The second-order valence-corrected chi connectivity index (χ2v) is 8.04. The van der Waals surface area contributed by atoms with Gasteiger partial charge in [0.05, 0.1) is 35.3 Å². The molecule has 144 valence electrons. The van der Waals surface area contributed by atoms with Crippen molar-refractivity contribution in [3.05, 3.63) is 50.6 Å². The van der Waals surface area contributed by atoms with Crippen molar-refractivity contribution >= 4 is 51.5 Å². The highest BCUT2D eigenvalue weighted by Crippen LogP contribution is 2.38. The standard InChI is InChI=1S/C18H18ClFIN3O3/c19-16-7-10(18(22)27)14(8-23-16)24(12-5-4-9(21)6-11(12)20)13-2-1-3-15(25)17(13)26/h4-8,13,15,17,25-26H,1-3H2,(H2,22,27). The van der Waals surface area contributed by atoms with E-state index in [1.54, 1.807) is 12.1 Å². The molecular weight excluding hydrogens is 488 g/mol. The third-order valence-electron chi connectivity index (χ3n) is 4.66. The number of benzene rings is 1. The maximum atomic E-state index is 14.8. The van der Waals surface area contributed by atoms with Crippen molar-refractivity contribution in [2.75, 3.05) is 4.90 Å². The maximum Gasteiger partial charge on any atom is 0.250 e. The van der Waals surface area contributed by atoms with E-state index in [1.165, 1.54) is 23.2 Å². The van der Waals surface area contributed by atoms with Crippen LogP contribution in [0, 0.1) is 9.39 Å². The molecule has 1 aromatic heterocycles. The van der Waals surface area contributed by atoms with Crippen LogP contribution in [0.4, 0.5) is 15.8 Å². The molecule has 0 spiro atoms. The van der Waals surface area contributed by atoms with Gasteiger partial charge in [-0.3, -0.25) is 4.79 Å². The number of primary amides is 1. The number of halogens is 3. The number of carbonyl (C=O) groups excluding carboxylic acids is 1. The van der Waals surface area contributed by atoms with E-state index in [0.29, 0.717) is 22.8 Å². The van der Waals surface area contributed by atoms with Crippen LogP contribution in [0.2, 0.25) is 5.15 Å². The fourth-order valence-electron chi connectivity index (χ4n) is 3.39. The first kappa shape index (κ1) is 20.2. The lowest BCUT2D eigenvalue weighted by molar-refractivity contribution is -0.0205. The minimum Gasteiger partial charge on any atom is -0.390 e. The molecule has 1 aliphatic rings. The van der Waals surface area contributed by atoms with Crippen molar-refractivity contribution in [1.29, 1.82) is 0 Å². The fraction of sp³-hybridized carbons (Fsp3) is 0.333. The second-order valence-electron chi connectivity index (χ2n) is 6.41. The van der Waals surface area contributed by atoms with Crippen LogP contribution in [0.15, 0.2) is 30.5 Å². The molecule has 1 heterocycles. The van der Waals surface area contributed by atoms with E-state index in [0.717, 1.165) is 0 Å². The lowest BCUT2D eigenvalue weighted by atomic mass is 9.88. The zero-order valence-electron chi connectivity index (χ0n) is 14.1. The van der Waals surface area contributed by atoms with E-state index in [2.05, 4.69) is 4.98 Å². The quantitative estimate of drug-likeness (QED) is 0.438. The number of amides is 1. The van der Waals surface area contributed by atoms with Gasteiger partial charge in [-0.05, 0) is 66.1 Å². The van der Waals surface area contributed by atoms with E-state index in [-0.39, 0.29) is 22.1 Å². The molecule has 1 aliphatic carbocycles. The first-order chi connectivity index (χ1) is 12.8. The summed E-state index contributed by atoms with van der Waals surface area (Å²) in [5.74, 6) is -1.28. The molecule has 3 rings (SSSR count). The largest absolute Gasteiger partial charge is 0.390 e. The summed E-state index contributed by atoms with van der Waals surface area (Å²) < 4.78 is 15.5. The lowest BCUT2D eigenvalue weighted by Crippen LogP contribution is -2.50. The number of hydrogen-bond acceptors (Lipinski definition) is 5. The Hall–Kier alpha value is -1.49. The molecule has 2 aromatic rings. The Morgan fingerprint density at radius 1 is 1.30 bits per heavy atom. The Labute approximate surface area is 174 Å². The zero-order chi connectivity index (χ0) is 19.7. The van der Waals surface area contributed by atoms with Crippen molar-refractivity contribution in [3.8, 4) is 0 Å². The number of nitrogens with two attached hydrogens (primary N) is 1. The third kappa shape index (κ3) is 4.18. The summed E-state index contributed by atoms with van der Waals surface area (Å²) in [6.07, 6.45) is 0.822. The van der Waals surface area contributed by atoms with Crippen molar-refractivity contribution in [3.63, 3.8) is 0 Å². The number of aliphatic hydroxyl groups is 2. The third-order valence-corrected chi connectivity index (χ3v) is 5.54. The minimum absolute atomic E-state index is 0.0558. The molecule has 0 radical (unpaired) electrons. The number of pyridine rings is 1. The Morgan fingerprint density at radius 2 is 2.04 bits per heavy atom. The van der Waals surface area contributed by atoms with Crippen LogP contribution < -0.4 is 10.6 Å². The molecule has 1 amide bonds. The van der Waals surface area contributed by atoms with E-state index in [4.69, 9.17) is 17.3 Å². The fourth-order valence-corrected chi connectivity index (χ4v) is 4.00. The monoisotopic (exact) mass is 505 g/mol. The SMILES string of the molecule is NC(=O)c1cc(Cl)ncc1N(c1ccc(I)cc1F)C1CCCC(O)C1O. The van der Waals surface area contributed by atoms with E-state index < -0.39 is 30.0 Å². The Balaban J connectivity index is 2.21. The molecule has 3 atom stereocenters. The van der Waals surface area contributed by atoms with Gasteiger partial charge in [-0.1, -0.05) is 11.6 Å². The summed E-state index contributed by atoms with van der Waals surface area (Å²) in [4.78, 5) is 17.5. The Morgan fingerprint density at radius 3 is 2.70 bits per heavy atom. The molecule has 3 unspecified atom stereocenters. The van der Waals surface area contributed by atoms with Crippen LogP contribution in [0.3, 0.4) is 0 Å². The van der Waals surface area contributed by atoms with Gasteiger partial charge >= 0.3 is 0 Å². The molecule has 1 saturated carbocycles. The van der Waals surface area contributed by atoms with Gasteiger partial charge in [0, 0.05) is 3.57 Å². The normalized spacial score (nSPS) is 22.5. The van der Waals surface area contributed by atoms with E-state index >= 15 is 0 Å². The summed E-state index contributed by atoms with van der Waals surface area (Å²) in [6, 6.07) is 5.27. The zero-order valence-corrected chi connectivity index (χ0v) is 17.1. The van der Waals surface area contributed by atoms with Gasteiger partial charge in [-0.2, -0.15) is 0 Å². The molecular formula is C18H18ClFIN3O3. The first-order valence-corrected chi connectivity index (χ1v) is 9.81. The highest BCUT2D eigenvalue weighted by molar-refractivity contribution is 14.1. The van der Waals surface area contributed by atoms with Gasteiger partial charge in [0.2, 0.25) is 0 Å². The molecule has 0 aliphatic heterocycles. The van der Waals surface area contributed by atoms with Gasteiger partial charge in [-0.25, -0.2) is 9.37 Å². The first-order valence-electron chi connectivity index (χ1n) is 8.35. The number of hydrogen-bond donors (Lipinski definition) is 3. The Bertz CT molecular complexity index is 870. The van der Waals surface area contributed by atoms with Crippen molar-refractivity contribution in [2.24, 2.45) is 5.73 Å². The van der Waals surface area contributed by atoms with E-state index in [1.807, 2.05) is 22.6 Å². The number of rotatable bonds is 4. The van der Waals surface area contributed by atoms with Crippen molar-refractivity contribution in [2.45, 2.75) is 37.5 Å². The molecule has 0 bridgehead atoms. The van der Waals surface area contributed by atoms with Gasteiger partial charge in [-0.15, -0.1) is 0 Å².